The van der Waals surface area contributed by atoms with Crippen molar-refractivity contribution in [2.45, 2.75) is 36.9 Å². The van der Waals surface area contributed by atoms with Crippen molar-refractivity contribution in [1.82, 2.24) is 4.98 Å². The SMILES string of the molecule is [2H]N[C@@H](Cc1c[nH]c2ccccc12)C(=O)OC[C@@H](O)[C@@H](O)[C@H](O)[C@@H](O)C=O. The average molecular weight is 367 g/mol. The van der Waals surface area contributed by atoms with E-state index in [9.17, 15) is 24.9 Å². The molecule has 26 heavy (non-hydrogen) atoms. The van der Waals surface area contributed by atoms with Crippen LogP contribution in [0.1, 0.15) is 5.56 Å². The second kappa shape index (κ2) is 8.88. The van der Waals surface area contributed by atoms with E-state index in [1.807, 2.05) is 24.3 Å². The number of carbonyl (C=O) groups is 2. The number of aldehydes is 1. The zero-order chi connectivity index (χ0) is 20.0. The molecule has 1 heterocycles. The summed E-state index contributed by atoms with van der Waals surface area (Å²) in [4.78, 5) is 25.6. The van der Waals surface area contributed by atoms with Crippen LogP contribution in [0.4, 0.5) is 0 Å². The van der Waals surface area contributed by atoms with Crippen LogP contribution in [0.15, 0.2) is 30.5 Å². The number of para-hydroxylation sites is 1. The minimum Gasteiger partial charge on any atom is -0.462 e. The van der Waals surface area contributed by atoms with Crippen LogP contribution in [-0.4, -0.2) is 74.7 Å². The molecular weight excluding hydrogens is 344 g/mol. The highest BCUT2D eigenvalue weighted by Crippen LogP contribution is 2.19. The molecule has 0 bridgehead atoms. The highest BCUT2D eigenvalue weighted by Gasteiger charge is 2.31. The van der Waals surface area contributed by atoms with E-state index < -0.39 is 43.0 Å². The molecule has 7 N–H and O–H groups in total. The van der Waals surface area contributed by atoms with Gasteiger partial charge in [0, 0.05) is 23.5 Å². The van der Waals surface area contributed by atoms with Crippen LogP contribution in [0.5, 0.6) is 0 Å². The molecule has 0 saturated carbocycles. The van der Waals surface area contributed by atoms with Crippen LogP contribution in [0.25, 0.3) is 10.9 Å². The largest absolute Gasteiger partial charge is 0.462 e. The van der Waals surface area contributed by atoms with Gasteiger partial charge in [0.05, 0.1) is 0 Å². The Balaban J connectivity index is 1.94. The molecule has 0 fully saturated rings. The van der Waals surface area contributed by atoms with E-state index >= 15 is 0 Å². The smallest absolute Gasteiger partial charge is 0.323 e. The first-order chi connectivity index (χ1) is 12.9. The van der Waals surface area contributed by atoms with Gasteiger partial charge in [0.15, 0.2) is 6.29 Å². The Hall–Kier alpha value is -2.30. The van der Waals surface area contributed by atoms with E-state index in [1.54, 1.807) is 6.20 Å². The van der Waals surface area contributed by atoms with Crippen LogP contribution >= 0.6 is 0 Å². The molecule has 0 spiro atoms. The van der Waals surface area contributed by atoms with Crippen LogP contribution < -0.4 is 5.73 Å². The second-order valence-corrected chi connectivity index (χ2v) is 5.92. The number of nitrogens with one attached hydrogen (secondary N) is 1. The van der Waals surface area contributed by atoms with Crippen LogP contribution in [0.2, 0.25) is 1.41 Å². The molecule has 0 radical (unpaired) electrons. The molecule has 0 aliphatic heterocycles. The maximum Gasteiger partial charge on any atom is 0.323 e. The molecule has 2 aromatic rings. The Morgan fingerprint density at radius 1 is 1.27 bits per heavy atom. The van der Waals surface area contributed by atoms with E-state index in [2.05, 4.69) is 10.7 Å². The molecule has 0 aliphatic rings. The number of aliphatic hydroxyl groups excluding tert-OH is 4. The van der Waals surface area contributed by atoms with Gasteiger partial charge in [0.1, 0.15) is 38.5 Å². The first-order valence-electron chi connectivity index (χ1n) is 8.45. The highest BCUT2D eigenvalue weighted by molar-refractivity contribution is 5.84. The summed E-state index contributed by atoms with van der Waals surface area (Å²) in [5, 5.41) is 38.9. The number of ether oxygens (including phenoxy) is 1. The lowest BCUT2D eigenvalue weighted by atomic mass is 10.0. The number of fused-ring (bicyclic) bond motifs is 1. The van der Waals surface area contributed by atoms with Crippen molar-refractivity contribution in [3.8, 4) is 0 Å². The number of aromatic nitrogens is 1. The standard InChI is InChI=1S/C17H22N2O7/c18-11(5-9-6-19-12-4-2-1-3-10(9)12)17(25)26-8-14(22)16(24)15(23)13(21)7-20/h1-4,6-7,11,13-16,19,21-24H,5,8,18H2/t11-,13-,14+,15+,16+/m0/s1/i/hD. The fourth-order valence-corrected chi connectivity index (χ4v) is 2.48. The molecule has 142 valence electrons. The molecule has 1 aromatic heterocycles. The number of benzene rings is 1. The Labute approximate surface area is 150 Å². The monoisotopic (exact) mass is 367 g/mol. The van der Waals surface area contributed by atoms with E-state index in [-0.39, 0.29) is 12.7 Å². The van der Waals surface area contributed by atoms with Gasteiger partial charge >= 0.3 is 5.97 Å². The van der Waals surface area contributed by atoms with E-state index in [4.69, 9.17) is 11.3 Å². The quantitative estimate of drug-likeness (QED) is 0.212. The highest BCUT2D eigenvalue weighted by atomic mass is 16.5. The normalized spacial score (nSPS) is 17.8. The fraction of sp³-hybridized carbons (Fsp3) is 0.412. The number of nitrogens with two attached hydrogens (primary N) is 1. The maximum atomic E-state index is 12.1. The van der Waals surface area contributed by atoms with Gasteiger partial charge in [-0.25, -0.2) is 0 Å². The van der Waals surface area contributed by atoms with Gasteiger partial charge < -0.3 is 40.7 Å². The number of H-pyrrole nitrogens is 1. The summed E-state index contributed by atoms with van der Waals surface area (Å²) in [6.07, 6.45) is -5.54. The summed E-state index contributed by atoms with van der Waals surface area (Å²) in [5.74, 6) is -0.841. The van der Waals surface area contributed by atoms with Gasteiger partial charge in [0.2, 0.25) is 0 Å². The Morgan fingerprint density at radius 2 is 2.00 bits per heavy atom. The average Bonchev–Trinajstić information content (AvgIpc) is 3.10. The molecule has 0 aliphatic carbocycles. The fourth-order valence-electron chi connectivity index (χ4n) is 2.48. The third-order valence-electron chi connectivity index (χ3n) is 4.01. The number of hydrogen-bond donors (Lipinski definition) is 6. The molecule has 0 amide bonds. The summed E-state index contributed by atoms with van der Waals surface area (Å²) in [6, 6.07) is 6.42. The summed E-state index contributed by atoms with van der Waals surface area (Å²) in [5.41, 5.74) is 3.76. The molecule has 5 atom stereocenters. The lowest BCUT2D eigenvalue weighted by molar-refractivity contribution is -0.157. The number of rotatable bonds is 10. The van der Waals surface area contributed by atoms with E-state index in [1.165, 1.54) is 0 Å². The first-order valence-corrected chi connectivity index (χ1v) is 7.95. The van der Waals surface area contributed by atoms with Gasteiger partial charge in [-0.3, -0.25) is 4.79 Å². The number of hydrogen-bond acceptors (Lipinski definition) is 8. The van der Waals surface area contributed by atoms with Gasteiger partial charge in [-0.1, -0.05) is 18.2 Å². The zero-order valence-corrected chi connectivity index (χ0v) is 13.8. The molecule has 1 aromatic carbocycles. The maximum absolute atomic E-state index is 12.1. The predicted octanol–water partition coefficient (Wildman–Crippen LogP) is -1.78. The van der Waals surface area contributed by atoms with Gasteiger partial charge in [0.25, 0.3) is 0 Å². The minimum atomic E-state index is -1.92. The Bertz CT molecular complexity index is 769. The van der Waals surface area contributed by atoms with Crippen LogP contribution in [-0.2, 0) is 20.7 Å². The van der Waals surface area contributed by atoms with Gasteiger partial charge in [-0.2, -0.15) is 0 Å². The van der Waals surface area contributed by atoms with Crippen molar-refractivity contribution < 1.29 is 36.2 Å². The molecule has 2 rings (SSSR count). The summed E-state index contributed by atoms with van der Waals surface area (Å²) >= 11 is 0. The van der Waals surface area contributed by atoms with Crippen molar-refractivity contribution >= 4 is 23.2 Å². The zero-order valence-electron chi connectivity index (χ0n) is 14.8. The topological polar surface area (TPSA) is 166 Å². The number of aromatic amines is 1. The number of aliphatic hydroxyl groups is 4. The second-order valence-electron chi connectivity index (χ2n) is 5.92. The molecule has 9 heteroatoms. The van der Waals surface area contributed by atoms with Crippen molar-refractivity contribution in [3.05, 3.63) is 36.0 Å². The third-order valence-corrected chi connectivity index (χ3v) is 4.01. The lowest BCUT2D eigenvalue weighted by Gasteiger charge is -2.24. The van der Waals surface area contributed by atoms with Crippen LogP contribution in [0.3, 0.4) is 0 Å². The Kier molecular flexibility index (Phi) is 6.31. The number of esters is 1. The van der Waals surface area contributed by atoms with Crippen molar-refractivity contribution in [1.29, 1.82) is 0 Å². The van der Waals surface area contributed by atoms with Crippen molar-refractivity contribution in [3.63, 3.8) is 0 Å². The molecule has 0 saturated heterocycles. The molecular formula is C17H22N2O7. The number of carbonyl (C=O) groups excluding carboxylic acids is 2. The minimum absolute atomic E-state index is 0.00780. The van der Waals surface area contributed by atoms with Gasteiger partial charge in [-0.05, 0) is 11.6 Å². The van der Waals surface area contributed by atoms with Crippen molar-refractivity contribution in [2.24, 2.45) is 5.73 Å². The predicted molar refractivity (Wildman–Crippen MR) is 91.0 cm³/mol. The van der Waals surface area contributed by atoms with E-state index in [0.717, 1.165) is 16.5 Å². The first kappa shape index (κ1) is 18.5. The summed E-state index contributed by atoms with van der Waals surface area (Å²) in [6.45, 7) is -0.686. The van der Waals surface area contributed by atoms with E-state index in [0.29, 0.717) is 0 Å². The van der Waals surface area contributed by atoms with Crippen molar-refractivity contribution in [2.75, 3.05) is 6.61 Å². The molecule has 9 nitrogen and oxygen atoms in total. The Morgan fingerprint density at radius 3 is 2.69 bits per heavy atom. The summed E-state index contributed by atoms with van der Waals surface area (Å²) < 4.78 is 12.2. The molecule has 0 unspecified atom stereocenters. The third kappa shape index (κ3) is 4.65. The van der Waals surface area contributed by atoms with Gasteiger partial charge in [-0.15, -0.1) is 0 Å². The lowest BCUT2D eigenvalue weighted by Crippen LogP contribution is -2.47. The summed E-state index contributed by atoms with van der Waals surface area (Å²) in [7, 11) is 0. The van der Waals surface area contributed by atoms with Crippen LogP contribution in [0, 0.1) is 0 Å².